The Morgan fingerprint density at radius 3 is 3.06 bits per heavy atom. The summed E-state index contributed by atoms with van der Waals surface area (Å²) >= 11 is 1.79. The van der Waals surface area contributed by atoms with Crippen LogP contribution in [0.4, 0.5) is 5.82 Å². The minimum Gasteiger partial charge on any atom is -0.395 e. The minimum absolute atomic E-state index is 0.122. The number of aliphatic hydroxyl groups excluding tert-OH is 1. The van der Waals surface area contributed by atoms with E-state index in [1.54, 1.807) is 11.3 Å². The minimum atomic E-state index is 0.122. The molecule has 0 aromatic carbocycles. The second-order valence-corrected chi connectivity index (χ2v) is 5.39. The number of aromatic nitrogens is 2. The quantitative estimate of drug-likeness (QED) is 0.872. The van der Waals surface area contributed by atoms with Crippen molar-refractivity contribution in [3.05, 3.63) is 16.3 Å². The van der Waals surface area contributed by atoms with Crippen LogP contribution in [0.25, 0.3) is 10.2 Å². The van der Waals surface area contributed by atoms with Crippen molar-refractivity contribution in [2.45, 2.75) is 26.2 Å². The first-order valence-electron chi connectivity index (χ1n) is 5.93. The number of rotatable bonds is 3. The lowest BCUT2D eigenvalue weighted by Crippen LogP contribution is -2.08. The number of hydrogen-bond donors (Lipinski definition) is 2. The monoisotopic (exact) mass is 249 g/mol. The summed E-state index contributed by atoms with van der Waals surface area (Å²) in [5.74, 6) is 1.68. The molecule has 2 aromatic heterocycles. The Morgan fingerprint density at radius 2 is 2.24 bits per heavy atom. The second-order valence-electron chi connectivity index (χ2n) is 4.31. The maximum atomic E-state index is 8.91. The summed E-state index contributed by atoms with van der Waals surface area (Å²) < 4.78 is 0. The fourth-order valence-electron chi connectivity index (χ4n) is 2.40. The highest BCUT2D eigenvalue weighted by molar-refractivity contribution is 7.19. The highest BCUT2D eigenvalue weighted by Crippen LogP contribution is 2.39. The Kier molecular flexibility index (Phi) is 2.72. The summed E-state index contributed by atoms with van der Waals surface area (Å²) in [5.41, 5.74) is 1.42. The van der Waals surface area contributed by atoms with Crippen LogP contribution in [0.5, 0.6) is 0 Å². The molecule has 2 aromatic rings. The molecular formula is C12H15N3OS. The predicted molar refractivity (Wildman–Crippen MR) is 69.8 cm³/mol. The van der Waals surface area contributed by atoms with E-state index in [0.29, 0.717) is 6.54 Å². The van der Waals surface area contributed by atoms with Crippen molar-refractivity contribution < 1.29 is 5.11 Å². The van der Waals surface area contributed by atoms with E-state index in [2.05, 4.69) is 15.3 Å². The normalized spacial score (nSPS) is 14.2. The van der Waals surface area contributed by atoms with Crippen LogP contribution >= 0.6 is 11.3 Å². The van der Waals surface area contributed by atoms with Crippen LogP contribution in [0.3, 0.4) is 0 Å². The molecule has 0 unspecified atom stereocenters. The van der Waals surface area contributed by atoms with E-state index in [1.807, 2.05) is 6.92 Å². The summed E-state index contributed by atoms with van der Waals surface area (Å²) in [6, 6.07) is 0. The van der Waals surface area contributed by atoms with Gasteiger partial charge < -0.3 is 10.4 Å². The zero-order chi connectivity index (χ0) is 11.8. The van der Waals surface area contributed by atoms with Crippen LogP contribution < -0.4 is 5.32 Å². The van der Waals surface area contributed by atoms with Gasteiger partial charge in [0.2, 0.25) is 0 Å². The summed E-state index contributed by atoms with van der Waals surface area (Å²) in [6.07, 6.45) is 3.55. The van der Waals surface area contributed by atoms with E-state index in [0.717, 1.165) is 22.9 Å². The average molecular weight is 249 g/mol. The molecule has 0 aliphatic heterocycles. The van der Waals surface area contributed by atoms with Gasteiger partial charge in [0.1, 0.15) is 16.5 Å². The third-order valence-electron chi connectivity index (χ3n) is 3.08. The standard InChI is InChI=1S/C12H15N3OS/c1-7-14-11(13-5-6-16)10-8-3-2-4-9(8)17-12(10)15-7/h16H,2-6H2,1H3,(H,13,14,15). The maximum Gasteiger partial charge on any atom is 0.138 e. The predicted octanol–water partition coefficient (Wildman–Crippen LogP) is 1.89. The van der Waals surface area contributed by atoms with Gasteiger partial charge in [-0.15, -0.1) is 11.3 Å². The van der Waals surface area contributed by atoms with Crippen molar-refractivity contribution in [2.24, 2.45) is 0 Å². The maximum absolute atomic E-state index is 8.91. The zero-order valence-corrected chi connectivity index (χ0v) is 10.6. The van der Waals surface area contributed by atoms with Gasteiger partial charge in [0.05, 0.1) is 12.0 Å². The van der Waals surface area contributed by atoms with Crippen molar-refractivity contribution >= 4 is 27.4 Å². The first kappa shape index (κ1) is 10.9. The molecule has 0 atom stereocenters. The lowest BCUT2D eigenvalue weighted by atomic mass is 10.2. The SMILES string of the molecule is Cc1nc(NCCO)c2c3c(sc2n1)CCC3. The lowest BCUT2D eigenvalue weighted by molar-refractivity contribution is 0.311. The van der Waals surface area contributed by atoms with Crippen LogP contribution in [-0.4, -0.2) is 28.2 Å². The molecular weight excluding hydrogens is 234 g/mol. The molecule has 2 N–H and O–H groups in total. The molecule has 0 saturated carbocycles. The van der Waals surface area contributed by atoms with Crippen molar-refractivity contribution in [3.8, 4) is 0 Å². The van der Waals surface area contributed by atoms with Gasteiger partial charge in [0.15, 0.2) is 0 Å². The van der Waals surface area contributed by atoms with Crippen LogP contribution in [0.1, 0.15) is 22.7 Å². The number of anilines is 1. The Balaban J connectivity index is 2.17. The van der Waals surface area contributed by atoms with Gasteiger partial charge in [0.25, 0.3) is 0 Å². The summed E-state index contributed by atoms with van der Waals surface area (Å²) in [6.45, 7) is 2.57. The van der Waals surface area contributed by atoms with Crippen LogP contribution in [0, 0.1) is 6.92 Å². The van der Waals surface area contributed by atoms with E-state index in [-0.39, 0.29) is 6.61 Å². The van der Waals surface area contributed by atoms with Gasteiger partial charge in [-0.05, 0) is 31.7 Å². The lowest BCUT2D eigenvalue weighted by Gasteiger charge is -2.07. The zero-order valence-electron chi connectivity index (χ0n) is 9.79. The van der Waals surface area contributed by atoms with Crippen LogP contribution in [0.15, 0.2) is 0 Å². The summed E-state index contributed by atoms with van der Waals surface area (Å²) in [5, 5.41) is 13.3. The van der Waals surface area contributed by atoms with Crippen LogP contribution in [-0.2, 0) is 12.8 Å². The summed E-state index contributed by atoms with van der Waals surface area (Å²) in [4.78, 5) is 11.5. The Morgan fingerprint density at radius 1 is 1.35 bits per heavy atom. The van der Waals surface area contributed by atoms with Crippen molar-refractivity contribution in [2.75, 3.05) is 18.5 Å². The molecule has 1 aliphatic carbocycles. The third-order valence-corrected chi connectivity index (χ3v) is 4.27. The molecule has 3 rings (SSSR count). The molecule has 2 heterocycles. The highest BCUT2D eigenvalue weighted by Gasteiger charge is 2.21. The fraction of sp³-hybridized carbons (Fsp3) is 0.500. The number of thiophene rings is 1. The van der Waals surface area contributed by atoms with Gasteiger partial charge >= 0.3 is 0 Å². The molecule has 0 saturated heterocycles. The largest absolute Gasteiger partial charge is 0.395 e. The molecule has 90 valence electrons. The second kappa shape index (κ2) is 4.23. The number of nitrogens with zero attached hydrogens (tertiary/aromatic N) is 2. The van der Waals surface area contributed by atoms with Crippen molar-refractivity contribution in [1.82, 2.24) is 9.97 Å². The van der Waals surface area contributed by atoms with E-state index in [9.17, 15) is 0 Å². The molecule has 17 heavy (non-hydrogen) atoms. The summed E-state index contributed by atoms with van der Waals surface area (Å²) in [7, 11) is 0. The van der Waals surface area contributed by atoms with Gasteiger partial charge in [-0.25, -0.2) is 9.97 Å². The number of nitrogens with one attached hydrogen (secondary N) is 1. The van der Waals surface area contributed by atoms with Crippen molar-refractivity contribution in [3.63, 3.8) is 0 Å². The average Bonchev–Trinajstić information content (AvgIpc) is 2.84. The first-order valence-corrected chi connectivity index (χ1v) is 6.75. The fourth-order valence-corrected chi connectivity index (χ4v) is 3.71. The number of fused-ring (bicyclic) bond motifs is 3. The van der Waals surface area contributed by atoms with Gasteiger partial charge in [-0.2, -0.15) is 0 Å². The number of aryl methyl sites for hydroxylation is 3. The Hall–Kier alpha value is -1.20. The van der Waals surface area contributed by atoms with E-state index >= 15 is 0 Å². The topological polar surface area (TPSA) is 58.0 Å². The molecule has 4 nitrogen and oxygen atoms in total. The number of hydrogen-bond acceptors (Lipinski definition) is 5. The van der Waals surface area contributed by atoms with Gasteiger partial charge in [0, 0.05) is 11.4 Å². The Bertz CT molecular complexity index is 564. The molecule has 5 heteroatoms. The Labute approximate surface area is 104 Å². The van der Waals surface area contributed by atoms with Crippen molar-refractivity contribution in [1.29, 1.82) is 0 Å². The molecule has 0 spiro atoms. The molecule has 1 aliphatic rings. The van der Waals surface area contributed by atoms with E-state index in [4.69, 9.17) is 5.11 Å². The molecule has 0 bridgehead atoms. The smallest absolute Gasteiger partial charge is 0.138 e. The molecule has 0 fully saturated rings. The van der Waals surface area contributed by atoms with Gasteiger partial charge in [-0.3, -0.25) is 0 Å². The highest BCUT2D eigenvalue weighted by atomic mass is 32.1. The third kappa shape index (κ3) is 1.79. The number of aliphatic hydroxyl groups is 1. The first-order chi connectivity index (χ1) is 8.29. The molecule has 0 radical (unpaired) electrons. The van der Waals surface area contributed by atoms with Gasteiger partial charge in [-0.1, -0.05) is 0 Å². The van der Waals surface area contributed by atoms with E-state index in [1.165, 1.54) is 28.7 Å². The van der Waals surface area contributed by atoms with Crippen LogP contribution in [0.2, 0.25) is 0 Å². The van der Waals surface area contributed by atoms with E-state index < -0.39 is 0 Å². The molecule has 0 amide bonds.